The number of aromatic nitrogens is 5. The van der Waals surface area contributed by atoms with Crippen LogP contribution in [-0.2, 0) is 0 Å². The van der Waals surface area contributed by atoms with Crippen LogP contribution in [0.4, 0.5) is 0 Å². The maximum Gasteiger partial charge on any atom is 0.235 e. The summed E-state index contributed by atoms with van der Waals surface area (Å²) in [6.07, 6.45) is 5.27. The van der Waals surface area contributed by atoms with Crippen molar-refractivity contribution in [2.24, 2.45) is 0 Å². The van der Waals surface area contributed by atoms with Gasteiger partial charge in [-0.15, -0.1) is 0 Å². The molecular formula is C28H15N5O. The van der Waals surface area contributed by atoms with Crippen LogP contribution in [0.3, 0.4) is 0 Å². The third-order valence-electron chi connectivity index (χ3n) is 6.55. The molecule has 0 amide bonds. The van der Waals surface area contributed by atoms with Crippen molar-refractivity contribution in [2.45, 2.75) is 0 Å². The van der Waals surface area contributed by atoms with Crippen molar-refractivity contribution in [1.29, 1.82) is 0 Å². The molecule has 158 valence electrons. The second-order valence-electron chi connectivity index (χ2n) is 8.39. The minimum absolute atomic E-state index is 0.613. The fourth-order valence-electron chi connectivity index (χ4n) is 5.05. The monoisotopic (exact) mass is 437 g/mol. The normalized spacial score (nSPS) is 12.1. The molecule has 4 heterocycles. The van der Waals surface area contributed by atoms with Gasteiger partial charge < -0.3 is 4.42 Å². The van der Waals surface area contributed by atoms with E-state index < -0.39 is 0 Å². The summed E-state index contributed by atoms with van der Waals surface area (Å²) in [6.45, 7) is 0. The van der Waals surface area contributed by atoms with Crippen LogP contribution in [0.15, 0.2) is 95.8 Å². The van der Waals surface area contributed by atoms with E-state index in [0.717, 1.165) is 65.7 Å². The molecule has 6 heteroatoms. The molecule has 0 N–H and O–H groups in total. The van der Waals surface area contributed by atoms with E-state index in [9.17, 15) is 0 Å². The number of hydrogen-bond acceptors (Lipinski definition) is 5. The van der Waals surface area contributed by atoms with Gasteiger partial charge in [0, 0.05) is 45.5 Å². The fraction of sp³-hybridized carbons (Fsp3) is 0. The molecule has 0 unspecified atom stereocenters. The predicted molar refractivity (Wildman–Crippen MR) is 134 cm³/mol. The number of furan rings is 1. The lowest BCUT2D eigenvalue weighted by Crippen LogP contribution is -2.01. The first-order chi connectivity index (χ1) is 16.9. The number of rotatable bonds is 1. The zero-order chi connectivity index (χ0) is 22.2. The summed E-state index contributed by atoms with van der Waals surface area (Å²) in [5.41, 5.74) is 5.98. The Morgan fingerprint density at radius 1 is 0.618 bits per heavy atom. The highest BCUT2D eigenvalue weighted by Crippen LogP contribution is 2.40. The zero-order valence-corrected chi connectivity index (χ0v) is 17.8. The lowest BCUT2D eigenvalue weighted by atomic mass is 10.1. The summed E-state index contributed by atoms with van der Waals surface area (Å²) in [5, 5.41) is 5.27. The molecule has 0 saturated heterocycles. The second-order valence-corrected chi connectivity index (χ2v) is 8.39. The second kappa shape index (κ2) is 6.36. The minimum Gasteiger partial charge on any atom is -0.451 e. The maximum atomic E-state index is 6.58. The summed E-state index contributed by atoms with van der Waals surface area (Å²) in [5.74, 6) is 0.613. The minimum atomic E-state index is 0.613. The maximum absolute atomic E-state index is 6.58. The molecular weight excluding hydrogens is 422 g/mol. The third-order valence-corrected chi connectivity index (χ3v) is 6.55. The van der Waals surface area contributed by atoms with Crippen LogP contribution >= 0.6 is 0 Å². The average molecular weight is 437 g/mol. The molecule has 0 radical (unpaired) electrons. The summed E-state index contributed by atoms with van der Waals surface area (Å²) in [4.78, 5) is 18.7. The van der Waals surface area contributed by atoms with E-state index in [4.69, 9.17) is 14.4 Å². The molecule has 0 fully saturated rings. The number of benzene rings is 4. The molecule has 6 nitrogen and oxygen atoms in total. The van der Waals surface area contributed by atoms with Crippen LogP contribution < -0.4 is 0 Å². The first kappa shape index (κ1) is 17.7. The Morgan fingerprint density at radius 2 is 1.41 bits per heavy atom. The number of nitrogens with zero attached hydrogens (tertiary/aromatic N) is 5. The van der Waals surface area contributed by atoms with Crippen molar-refractivity contribution in [3.05, 3.63) is 91.4 Å². The van der Waals surface area contributed by atoms with Crippen LogP contribution in [0.1, 0.15) is 0 Å². The lowest BCUT2D eigenvalue weighted by molar-refractivity contribution is 0.673. The van der Waals surface area contributed by atoms with Crippen LogP contribution in [0.2, 0.25) is 0 Å². The Labute approximate surface area is 192 Å². The van der Waals surface area contributed by atoms with E-state index in [1.54, 1.807) is 12.4 Å². The highest BCUT2D eigenvalue weighted by molar-refractivity contribution is 6.23. The molecule has 0 aliphatic heterocycles. The standard InChI is InChI=1S/C28H15N5O/c1-3-7-21-16(5-1)15-31-28(32-21)33-23-8-4-2-6-17(23)18-9-10-20-19-11-12-22-24(30-14-13-29-22)26(19)34-27(20)25(18)33/h1-15H. The molecule has 0 aliphatic carbocycles. The Morgan fingerprint density at radius 3 is 2.41 bits per heavy atom. The smallest absolute Gasteiger partial charge is 0.235 e. The average Bonchev–Trinajstić information content (AvgIpc) is 3.44. The highest BCUT2D eigenvalue weighted by atomic mass is 16.3. The van der Waals surface area contributed by atoms with Crippen molar-refractivity contribution in [3.63, 3.8) is 0 Å². The number of fused-ring (bicyclic) bond motifs is 10. The number of para-hydroxylation sites is 2. The number of hydrogen-bond donors (Lipinski definition) is 0. The summed E-state index contributed by atoms with van der Waals surface area (Å²) < 4.78 is 8.69. The van der Waals surface area contributed by atoms with Crippen LogP contribution in [0.5, 0.6) is 0 Å². The fourth-order valence-corrected chi connectivity index (χ4v) is 5.05. The lowest BCUT2D eigenvalue weighted by Gasteiger charge is -2.07. The predicted octanol–water partition coefficient (Wildman–Crippen LogP) is 6.57. The van der Waals surface area contributed by atoms with Gasteiger partial charge in [0.15, 0.2) is 11.2 Å². The van der Waals surface area contributed by atoms with Crippen molar-refractivity contribution < 1.29 is 4.42 Å². The quantitative estimate of drug-likeness (QED) is 0.290. The van der Waals surface area contributed by atoms with Gasteiger partial charge in [-0.25, -0.2) is 15.0 Å². The Kier molecular flexibility index (Phi) is 3.31. The van der Waals surface area contributed by atoms with E-state index in [-0.39, 0.29) is 0 Å². The third kappa shape index (κ3) is 2.24. The van der Waals surface area contributed by atoms with Gasteiger partial charge >= 0.3 is 0 Å². The Balaban J connectivity index is 1.59. The summed E-state index contributed by atoms with van der Waals surface area (Å²) in [6, 6.07) is 24.7. The van der Waals surface area contributed by atoms with Crippen LogP contribution in [-0.4, -0.2) is 24.5 Å². The first-order valence-corrected chi connectivity index (χ1v) is 11.1. The molecule has 4 aromatic carbocycles. The molecule has 8 aromatic rings. The van der Waals surface area contributed by atoms with Crippen molar-refractivity contribution >= 4 is 65.7 Å². The Hall–Kier alpha value is -4.84. The summed E-state index contributed by atoms with van der Waals surface area (Å²) >= 11 is 0. The van der Waals surface area contributed by atoms with Crippen LogP contribution in [0.25, 0.3) is 71.6 Å². The Bertz CT molecular complexity index is 2090. The van der Waals surface area contributed by atoms with E-state index in [0.29, 0.717) is 5.95 Å². The van der Waals surface area contributed by atoms with Crippen molar-refractivity contribution in [1.82, 2.24) is 24.5 Å². The van der Waals surface area contributed by atoms with Gasteiger partial charge in [-0.05, 0) is 30.3 Å². The van der Waals surface area contributed by atoms with Crippen molar-refractivity contribution in [3.8, 4) is 5.95 Å². The van der Waals surface area contributed by atoms with E-state index in [1.807, 2.05) is 42.6 Å². The molecule has 4 aromatic heterocycles. The molecule has 0 saturated carbocycles. The van der Waals surface area contributed by atoms with Crippen LogP contribution in [0, 0.1) is 0 Å². The van der Waals surface area contributed by atoms with E-state index in [1.165, 1.54) is 0 Å². The molecule has 0 bridgehead atoms. The SMILES string of the molecule is c1ccc2nc(-n3c4ccccc4c4ccc5c6ccc7nccnc7c6oc5c43)ncc2c1. The topological polar surface area (TPSA) is 69.6 Å². The zero-order valence-electron chi connectivity index (χ0n) is 17.8. The van der Waals surface area contributed by atoms with Gasteiger partial charge in [0.05, 0.1) is 16.6 Å². The van der Waals surface area contributed by atoms with Gasteiger partial charge in [-0.1, -0.05) is 42.5 Å². The van der Waals surface area contributed by atoms with Gasteiger partial charge in [-0.3, -0.25) is 9.55 Å². The largest absolute Gasteiger partial charge is 0.451 e. The van der Waals surface area contributed by atoms with Gasteiger partial charge in [0.1, 0.15) is 11.0 Å². The molecule has 0 atom stereocenters. The van der Waals surface area contributed by atoms with Crippen molar-refractivity contribution in [2.75, 3.05) is 0 Å². The van der Waals surface area contributed by atoms with Gasteiger partial charge in [0.25, 0.3) is 0 Å². The summed E-state index contributed by atoms with van der Waals surface area (Å²) in [7, 11) is 0. The highest BCUT2D eigenvalue weighted by Gasteiger charge is 2.21. The van der Waals surface area contributed by atoms with Gasteiger partial charge in [0.2, 0.25) is 5.95 Å². The first-order valence-electron chi connectivity index (χ1n) is 11.1. The molecule has 0 spiro atoms. The molecule has 0 aliphatic rings. The van der Waals surface area contributed by atoms with Gasteiger partial charge in [-0.2, -0.15) is 0 Å². The van der Waals surface area contributed by atoms with E-state index >= 15 is 0 Å². The van der Waals surface area contributed by atoms with E-state index in [2.05, 4.69) is 50.9 Å². The molecule has 8 rings (SSSR count). The molecule has 34 heavy (non-hydrogen) atoms.